The fraction of sp³-hybridized carbons (Fsp3) is 0.172. The smallest absolute Gasteiger partial charge is 0.295 e. The molecule has 1 aromatic heterocycles. The SMILES string of the molecule is COc1ccc(CN2C(=O)C(=O)/C(=C(/O)c3cc(Cl)c(OC)c(Cl)c3OC)C2c2c[nH]c3ccccc23)cc1. The second kappa shape index (κ2) is 10.6. The first-order valence-electron chi connectivity index (χ1n) is 11.9. The number of aliphatic hydroxyl groups is 1. The number of carbonyl (C=O) groups is 2. The summed E-state index contributed by atoms with van der Waals surface area (Å²) in [4.78, 5) is 31.7. The summed E-state index contributed by atoms with van der Waals surface area (Å²) in [7, 11) is 4.33. The second-order valence-corrected chi connectivity index (χ2v) is 9.64. The Labute approximate surface area is 234 Å². The molecule has 1 unspecified atom stereocenters. The van der Waals surface area contributed by atoms with Crippen LogP contribution in [0.3, 0.4) is 0 Å². The Morgan fingerprint density at radius 1 is 0.974 bits per heavy atom. The van der Waals surface area contributed by atoms with E-state index >= 15 is 0 Å². The van der Waals surface area contributed by atoms with Crippen LogP contribution >= 0.6 is 23.2 Å². The van der Waals surface area contributed by atoms with Crippen molar-refractivity contribution in [3.8, 4) is 17.2 Å². The van der Waals surface area contributed by atoms with Gasteiger partial charge in [-0.25, -0.2) is 0 Å². The maximum absolute atomic E-state index is 13.6. The number of H-pyrrole nitrogens is 1. The molecule has 2 N–H and O–H groups in total. The molecule has 5 rings (SSSR count). The number of aromatic amines is 1. The predicted octanol–water partition coefficient (Wildman–Crippen LogP) is 6.12. The average molecular weight is 567 g/mol. The van der Waals surface area contributed by atoms with Gasteiger partial charge >= 0.3 is 0 Å². The fourth-order valence-corrected chi connectivity index (χ4v) is 5.59. The van der Waals surface area contributed by atoms with E-state index in [0.29, 0.717) is 11.3 Å². The Morgan fingerprint density at radius 2 is 1.67 bits per heavy atom. The molecule has 1 saturated heterocycles. The number of hydrogen-bond acceptors (Lipinski definition) is 6. The number of aromatic nitrogens is 1. The van der Waals surface area contributed by atoms with Crippen LogP contribution in [0.2, 0.25) is 10.0 Å². The number of nitrogens with one attached hydrogen (secondary N) is 1. The number of Topliss-reactive ketones (excluding diaryl/α,β-unsaturated/α-hetero) is 1. The molecular weight excluding hydrogens is 543 g/mol. The van der Waals surface area contributed by atoms with E-state index in [9.17, 15) is 14.7 Å². The number of halogens is 2. The Balaban J connectivity index is 1.73. The van der Waals surface area contributed by atoms with Crippen LogP contribution < -0.4 is 14.2 Å². The van der Waals surface area contributed by atoms with Crippen molar-refractivity contribution in [3.63, 3.8) is 0 Å². The van der Waals surface area contributed by atoms with Crippen LogP contribution in [0, 0.1) is 0 Å². The van der Waals surface area contributed by atoms with Crippen LogP contribution in [0.4, 0.5) is 0 Å². The summed E-state index contributed by atoms with van der Waals surface area (Å²) in [5.74, 6) is -1.21. The van der Waals surface area contributed by atoms with E-state index in [1.54, 1.807) is 25.4 Å². The van der Waals surface area contributed by atoms with Gasteiger partial charge in [0, 0.05) is 29.2 Å². The number of ketones is 1. The number of methoxy groups -OCH3 is 3. The van der Waals surface area contributed by atoms with Gasteiger partial charge in [0.1, 0.15) is 16.5 Å². The van der Waals surface area contributed by atoms with E-state index in [1.165, 1.54) is 25.2 Å². The van der Waals surface area contributed by atoms with Gasteiger partial charge in [0.25, 0.3) is 11.7 Å². The summed E-state index contributed by atoms with van der Waals surface area (Å²) in [6.45, 7) is 0.108. The number of ether oxygens (including phenoxy) is 3. The number of carbonyl (C=O) groups excluding carboxylic acids is 2. The zero-order valence-corrected chi connectivity index (χ0v) is 22.8. The van der Waals surface area contributed by atoms with Gasteiger partial charge in [0.05, 0.1) is 43.5 Å². The molecule has 0 spiro atoms. The minimum absolute atomic E-state index is 0.0187. The molecule has 1 fully saturated rings. The van der Waals surface area contributed by atoms with Gasteiger partial charge < -0.3 is 29.2 Å². The molecule has 200 valence electrons. The lowest BCUT2D eigenvalue weighted by molar-refractivity contribution is -0.140. The first kappa shape index (κ1) is 26.5. The van der Waals surface area contributed by atoms with E-state index in [1.807, 2.05) is 36.4 Å². The summed E-state index contributed by atoms with van der Waals surface area (Å²) < 4.78 is 16.0. The quantitative estimate of drug-likeness (QED) is 0.159. The lowest BCUT2D eigenvalue weighted by atomic mass is 9.94. The molecule has 0 radical (unpaired) electrons. The zero-order valence-electron chi connectivity index (χ0n) is 21.2. The Hall–Kier alpha value is -4.14. The second-order valence-electron chi connectivity index (χ2n) is 8.85. The monoisotopic (exact) mass is 566 g/mol. The van der Waals surface area contributed by atoms with Crippen molar-refractivity contribution in [1.82, 2.24) is 9.88 Å². The molecule has 2 heterocycles. The maximum atomic E-state index is 13.6. The van der Waals surface area contributed by atoms with Crippen molar-refractivity contribution < 1.29 is 28.9 Å². The number of para-hydroxylation sites is 1. The number of fused-ring (bicyclic) bond motifs is 1. The van der Waals surface area contributed by atoms with E-state index in [2.05, 4.69) is 4.98 Å². The molecule has 1 aliphatic rings. The van der Waals surface area contributed by atoms with Crippen molar-refractivity contribution in [2.24, 2.45) is 0 Å². The van der Waals surface area contributed by atoms with Crippen LogP contribution in [-0.4, -0.2) is 48.0 Å². The highest BCUT2D eigenvalue weighted by atomic mass is 35.5. The van der Waals surface area contributed by atoms with Crippen molar-refractivity contribution in [1.29, 1.82) is 0 Å². The molecule has 8 nitrogen and oxygen atoms in total. The van der Waals surface area contributed by atoms with E-state index < -0.39 is 23.5 Å². The van der Waals surface area contributed by atoms with Crippen molar-refractivity contribution in [3.05, 3.63) is 93.1 Å². The minimum Gasteiger partial charge on any atom is -0.507 e. The van der Waals surface area contributed by atoms with Crippen molar-refractivity contribution in [2.75, 3.05) is 21.3 Å². The topological polar surface area (TPSA) is 101 Å². The third-order valence-electron chi connectivity index (χ3n) is 6.76. The summed E-state index contributed by atoms with van der Waals surface area (Å²) in [5.41, 5.74) is 2.17. The van der Waals surface area contributed by atoms with E-state index in [0.717, 1.165) is 16.5 Å². The molecule has 39 heavy (non-hydrogen) atoms. The Morgan fingerprint density at radius 3 is 2.33 bits per heavy atom. The maximum Gasteiger partial charge on any atom is 0.295 e. The molecule has 3 aromatic carbocycles. The normalized spacial score (nSPS) is 16.6. The predicted molar refractivity (Wildman–Crippen MR) is 149 cm³/mol. The van der Waals surface area contributed by atoms with Gasteiger partial charge in [0.2, 0.25) is 0 Å². The number of benzene rings is 3. The van der Waals surface area contributed by atoms with Crippen LogP contribution in [-0.2, 0) is 16.1 Å². The molecule has 10 heteroatoms. The van der Waals surface area contributed by atoms with Crippen LogP contribution in [0.5, 0.6) is 17.2 Å². The first-order chi connectivity index (χ1) is 18.8. The highest BCUT2D eigenvalue weighted by Gasteiger charge is 2.47. The largest absolute Gasteiger partial charge is 0.507 e. The molecule has 4 aromatic rings. The molecule has 0 aliphatic carbocycles. The molecule has 1 amide bonds. The number of aliphatic hydroxyl groups excluding tert-OH is 1. The van der Waals surface area contributed by atoms with Gasteiger partial charge in [-0.2, -0.15) is 0 Å². The van der Waals surface area contributed by atoms with Gasteiger partial charge in [-0.15, -0.1) is 0 Å². The van der Waals surface area contributed by atoms with Gasteiger partial charge in [-0.3, -0.25) is 9.59 Å². The zero-order chi connectivity index (χ0) is 27.8. The van der Waals surface area contributed by atoms with Gasteiger partial charge in [0.15, 0.2) is 11.5 Å². The number of nitrogens with zero attached hydrogens (tertiary/aromatic N) is 1. The number of amides is 1. The lowest BCUT2D eigenvalue weighted by Gasteiger charge is -2.25. The van der Waals surface area contributed by atoms with Gasteiger partial charge in [-0.05, 0) is 29.8 Å². The first-order valence-corrected chi connectivity index (χ1v) is 12.6. The third-order valence-corrected chi connectivity index (χ3v) is 7.39. The van der Waals surface area contributed by atoms with Crippen molar-refractivity contribution in [2.45, 2.75) is 12.6 Å². The number of likely N-dealkylation sites (tertiary alicyclic amines) is 1. The van der Waals surface area contributed by atoms with Crippen molar-refractivity contribution >= 4 is 51.6 Å². The molecular formula is C29H24Cl2N2O6. The highest BCUT2D eigenvalue weighted by Crippen LogP contribution is 2.48. The van der Waals surface area contributed by atoms with Crippen LogP contribution in [0.15, 0.2) is 66.4 Å². The van der Waals surface area contributed by atoms with Gasteiger partial charge in [-0.1, -0.05) is 53.5 Å². The Kier molecular flexibility index (Phi) is 7.16. The van der Waals surface area contributed by atoms with Crippen LogP contribution in [0.1, 0.15) is 22.7 Å². The third kappa shape index (κ3) is 4.45. The lowest BCUT2D eigenvalue weighted by Crippen LogP contribution is -2.29. The standard InChI is InChI=1S/C29H24Cl2N2O6/c1-37-16-10-8-15(9-11-16)14-33-24(19-13-32-21-7-5-4-6-17(19)21)22(26(35)29(33)36)25(34)18-12-20(30)28(39-3)23(31)27(18)38-2/h4-13,24,32,34H,14H2,1-3H3/b25-22+. The number of rotatable bonds is 7. The molecule has 0 saturated carbocycles. The van der Waals surface area contributed by atoms with Crippen LogP contribution in [0.25, 0.3) is 16.7 Å². The Bertz CT molecular complexity index is 1630. The summed E-state index contributed by atoms with van der Waals surface area (Å²) in [6.07, 6.45) is 1.74. The average Bonchev–Trinajstić information content (AvgIpc) is 3.47. The summed E-state index contributed by atoms with van der Waals surface area (Å²) in [5, 5.41) is 12.6. The highest BCUT2D eigenvalue weighted by molar-refractivity contribution is 6.47. The summed E-state index contributed by atoms with van der Waals surface area (Å²) in [6, 6.07) is 15.2. The molecule has 0 bridgehead atoms. The minimum atomic E-state index is -0.924. The van der Waals surface area contributed by atoms with E-state index in [-0.39, 0.29) is 39.2 Å². The summed E-state index contributed by atoms with van der Waals surface area (Å²) >= 11 is 12.8. The fourth-order valence-electron chi connectivity index (χ4n) is 4.91. The van der Waals surface area contributed by atoms with E-state index in [4.69, 9.17) is 37.4 Å². The molecule has 1 aliphatic heterocycles. The number of hydrogen-bond donors (Lipinski definition) is 2. The molecule has 1 atom stereocenters.